The van der Waals surface area contributed by atoms with Crippen LogP contribution >= 0.6 is 0 Å². The van der Waals surface area contributed by atoms with E-state index in [-0.39, 0.29) is 11.8 Å². The number of anilines is 2. The molecule has 3 aliphatic heterocycles. The first-order valence-corrected chi connectivity index (χ1v) is 15.8. The lowest BCUT2D eigenvalue weighted by Crippen LogP contribution is -2.54. The highest BCUT2D eigenvalue weighted by Crippen LogP contribution is 2.65. The Morgan fingerprint density at radius 3 is 2.27 bits per heavy atom. The summed E-state index contributed by atoms with van der Waals surface area (Å²) in [6.07, 6.45) is 1.48. The van der Waals surface area contributed by atoms with Crippen LogP contribution in [0, 0.1) is 25.7 Å². The summed E-state index contributed by atoms with van der Waals surface area (Å²) in [5.41, 5.74) is 1.60. The van der Waals surface area contributed by atoms with Gasteiger partial charge in [0.1, 0.15) is 17.4 Å². The number of para-hydroxylation sites is 1. The van der Waals surface area contributed by atoms with E-state index >= 15 is 0 Å². The second-order valence-corrected chi connectivity index (χ2v) is 12.4. The Morgan fingerprint density at radius 1 is 0.956 bits per heavy atom. The fraction of sp³-hybridized carbons (Fsp3) is 0.417. The predicted octanol–water partition coefficient (Wildman–Crippen LogP) is 5.17. The van der Waals surface area contributed by atoms with E-state index in [4.69, 9.17) is 9.47 Å². The quantitative estimate of drug-likeness (QED) is 0.291. The van der Waals surface area contributed by atoms with Crippen molar-refractivity contribution in [3.05, 3.63) is 89.5 Å². The normalized spacial score (nSPS) is 27.3. The molecule has 45 heavy (non-hydrogen) atoms. The van der Waals surface area contributed by atoms with Gasteiger partial charge in [-0.1, -0.05) is 55.5 Å². The standard InChI is InChI=1S/C36H41N3O6/c1-5-35-19-20-36(45-35)29(28(35)32(41)37-25-15-17-26(18-16-25)44-6-2)34(43)39(27(21-40)24-13-8-7-9-14-24)31(36)33(42)38-30-22(3)11-10-12-23(30)4/h7-18,27-29,31,40H,5-6,19-21H2,1-4H3,(H,37,41)(H,38,42)/t27-,28-,29+,31?,35+,36?/m1/s1. The minimum Gasteiger partial charge on any atom is -0.494 e. The molecule has 3 fully saturated rings. The first-order valence-electron chi connectivity index (χ1n) is 15.8. The fourth-order valence-electron chi connectivity index (χ4n) is 7.94. The number of nitrogens with one attached hydrogen (secondary N) is 2. The van der Waals surface area contributed by atoms with E-state index in [1.54, 1.807) is 24.3 Å². The maximum absolute atomic E-state index is 14.7. The average molecular weight is 612 g/mol. The van der Waals surface area contributed by atoms with Crippen molar-refractivity contribution in [1.29, 1.82) is 0 Å². The van der Waals surface area contributed by atoms with Crippen molar-refractivity contribution < 1.29 is 29.0 Å². The molecule has 3 aliphatic rings. The molecule has 236 valence electrons. The van der Waals surface area contributed by atoms with Crippen molar-refractivity contribution in [2.24, 2.45) is 11.8 Å². The van der Waals surface area contributed by atoms with Gasteiger partial charge in [0.2, 0.25) is 17.7 Å². The molecule has 3 aromatic rings. The molecule has 6 atom stereocenters. The number of hydrogen-bond donors (Lipinski definition) is 3. The average Bonchev–Trinajstić information content (AvgIpc) is 3.65. The van der Waals surface area contributed by atoms with Gasteiger partial charge in [0.05, 0.1) is 36.7 Å². The number of hydrogen-bond acceptors (Lipinski definition) is 6. The third kappa shape index (κ3) is 4.98. The molecule has 9 nitrogen and oxygen atoms in total. The van der Waals surface area contributed by atoms with Crippen molar-refractivity contribution >= 4 is 29.1 Å². The van der Waals surface area contributed by atoms with Gasteiger partial charge in [-0.15, -0.1) is 0 Å². The summed E-state index contributed by atoms with van der Waals surface area (Å²) in [5.74, 6) is -2.11. The van der Waals surface area contributed by atoms with E-state index in [2.05, 4.69) is 10.6 Å². The number of fused-ring (bicyclic) bond motifs is 1. The number of rotatable bonds is 10. The highest BCUT2D eigenvalue weighted by molar-refractivity contribution is 6.06. The van der Waals surface area contributed by atoms with E-state index in [1.807, 2.05) is 76.2 Å². The van der Waals surface area contributed by atoms with Crippen molar-refractivity contribution in [1.82, 2.24) is 4.90 Å². The summed E-state index contributed by atoms with van der Waals surface area (Å²) in [6.45, 7) is 7.85. The number of likely N-dealkylation sites (tertiary alicyclic amines) is 1. The molecule has 3 saturated heterocycles. The second-order valence-electron chi connectivity index (χ2n) is 12.4. The van der Waals surface area contributed by atoms with Gasteiger partial charge in [0.15, 0.2) is 0 Å². The Kier molecular flexibility index (Phi) is 8.18. The first kappa shape index (κ1) is 30.8. The number of aryl methyl sites for hydroxylation is 2. The molecule has 9 heteroatoms. The summed E-state index contributed by atoms with van der Waals surface area (Å²) in [4.78, 5) is 45.0. The molecule has 3 N–H and O–H groups in total. The molecule has 0 aliphatic carbocycles. The predicted molar refractivity (Wildman–Crippen MR) is 171 cm³/mol. The van der Waals surface area contributed by atoms with Crippen molar-refractivity contribution in [2.75, 3.05) is 23.8 Å². The van der Waals surface area contributed by atoms with Crippen LogP contribution in [-0.2, 0) is 19.1 Å². The third-order valence-electron chi connectivity index (χ3n) is 10.0. The van der Waals surface area contributed by atoms with Gasteiger partial charge in [0.25, 0.3) is 0 Å². The van der Waals surface area contributed by atoms with Crippen LogP contribution in [0.1, 0.15) is 55.8 Å². The Labute approximate surface area is 263 Å². The second kappa shape index (κ2) is 11.9. The number of ether oxygens (including phenoxy) is 2. The molecular weight excluding hydrogens is 570 g/mol. The Hall–Kier alpha value is -4.21. The monoisotopic (exact) mass is 611 g/mol. The van der Waals surface area contributed by atoms with E-state index in [1.165, 1.54) is 4.90 Å². The lowest BCUT2D eigenvalue weighted by Gasteiger charge is -2.37. The maximum Gasteiger partial charge on any atom is 0.250 e. The van der Waals surface area contributed by atoms with Crippen molar-refractivity contribution in [2.45, 2.75) is 70.2 Å². The molecule has 3 aromatic carbocycles. The summed E-state index contributed by atoms with van der Waals surface area (Å²) < 4.78 is 12.5. The summed E-state index contributed by atoms with van der Waals surface area (Å²) in [5, 5.41) is 16.9. The highest BCUT2D eigenvalue weighted by atomic mass is 16.5. The number of aliphatic hydroxyl groups excluding tert-OH is 1. The smallest absolute Gasteiger partial charge is 0.250 e. The van der Waals surface area contributed by atoms with E-state index in [0.29, 0.717) is 48.6 Å². The minimum atomic E-state index is -1.24. The van der Waals surface area contributed by atoms with Crippen molar-refractivity contribution in [3.8, 4) is 5.75 Å². The van der Waals surface area contributed by atoms with Crippen LogP contribution in [0.2, 0.25) is 0 Å². The molecule has 0 radical (unpaired) electrons. The van der Waals surface area contributed by atoms with Crippen LogP contribution in [0.15, 0.2) is 72.8 Å². The lowest BCUT2D eigenvalue weighted by atomic mass is 9.65. The topological polar surface area (TPSA) is 117 Å². The zero-order chi connectivity index (χ0) is 31.9. The molecule has 2 bridgehead atoms. The Morgan fingerprint density at radius 2 is 1.64 bits per heavy atom. The summed E-state index contributed by atoms with van der Waals surface area (Å²) in [6, 6.07) is 20.2. The summed E-state index contributed by atoms with van der Waals surface area (Å²) in [7, 11) is 0. The zero-order valence-electron chi connectivity index (χ0n) is 26.2. The number of amides is 3. The van der Waals surface area contributed by atoms with Crippen LogP contribution in [0.4, 0.5) is 11.4 Å². The molecular formula is C36H41N3O6. The molecule has 3 heterocycles. The minimum absolute atomic E-state index is 0.322. The van der Waals surface area contributed by atoms with Gasteiger partial charge in [-0.05, 0) is 81.0 Å². The molecule has 6 rings (SSSR count). The van der Waals surface area contributed by atoms with Crippen LogP contribution < -0.4 is 15.4 Å². The van der Waals surface area contributed by atoms with Gasteiger partial charge < -0.3 is 30.1 Å². The number of aliphatic hydroxyl groups is 1. The van der Waals surface area contributed by atoms with Gasteiger partial charge in [0, 0.05) is 11.4 Å². The number of benzene rings is 3. The van der Waals surface area contributed by atoms with Crippen molar-refractivity contribution in [3.63, 3.8) is 0 Å². The summed E-state index contributed by atoms with van der Waals surface area (Å²) >= 11 is 0. The molecule has 1 spiro atoms. The number of carbonyl (C=O) groups excluding carboxylic acids is 3. The highest BCUT2D eigenvalue weighted by Gasteiger charge is 2.79. The third-order valence-corrected chi connectivity index (χ3v) is 10.0. The largest absolute Gasteiger partial charge is 0.494 e. The van der Waals surface area contributed by atoms with E-state index < -0.39 is 47.6 Å². The van der Waals surface area contributed by atoms with Crippen LogP contribution in [0.25, 0.3) is 0 Å². The zero-order valence-corrected chi connectivity index (χ0v) is 26.2. The lowest BCUT2D eigenvalue weighted by molar-refractivity contribution is -0.148. The SMILES string of the molecule is CCOc1ccc(NC(=O)[C@H]2[C@H]3C(=O)N([C@H](CO)c4ccccc4)C(C(=O)Nc4c(C)cccc4C)C34CC[C@]2(CC)O4)cc1. The molecule has 3 amide bonds. The molecule has 0 saturated carbocycles. The van der Waals surface area contributed by atoms with Gasteiger partial charge in [-0.3, -0.25) is 14.4 Å². The number of nitrogens with zero attached hydrogens (tertiary/aromatic N) is 1. The number of carbonyl (C=O) groups is 3. The van der Waals surface area contributed by atoms with Gasteiger partial charge in [-0.2, -0.15) is 0 Å². The van der Waals surface area contributed by atoms with Gasteiger partial charge >= 0.3 is 0 Å². The maximum atomic E-state index is 14.7. The first-order chi connectivity index (χ1) is 21.7. The van der Waals surface area contributed by atoms with Crippen LogP contribution in [0.5, 0.6) is 5.75 Å². The van der Waals surface area contributed by atoms with E-state index in [0.717, 1.165) is 11.1 Å². The fourth-order valence-corrected chi connectivity index (χ4v) is 7.94. The van der Waals surface area contributed by atoms with Gasteiger partial charge in [-0.25, -0.2) is 0 Å². The Balaban J connectivity index is 1.42. The molecule has 2 unspecified atom stereocenters. The molecule has 0 aromatic heterocycles. The van der Waals surface area contributed by atoms with Crippen LogP contribution in [-0.4, -0.2) is 58.2 Å². The van der Waals surface area contributed by atoms with E-state index in [9.17, 15) is 19.5 Å². The Bertz CT molecular complexity index is 1570. The van der Waals surface area contributed by atoms with Crippen LogP contribution in [0.3, 0.4) is 0 Å².